The van der Waals surface area contributed by atoms with Crippen LogP contribution in [0.4, 0.5) is 11.4 Å². The van der Waals surface area contributed by atoms with E-state index in [2.05, 4.69) is 39.8 Å². The third kappa shape index (κ3) is 4.53. The SMILES string of the molecule is C[C@@H](NC(=O)C(C)(C)C)C(=O)Nc1ccccc1N1CCc2ccccc2C1. The van der Waals surface area contributed by atoms with Gasteiger partial charge in [0.1, 0.15) is 6.04 Å². The van der Waals surface area contributed by atoms with Crippen LogP contribution in [0.5, 0.6) is 0 Å². The van der Waals surface area contributed by atoms with Crippen molar-refractivity contribution >= 4 is 23.2 Å². The fourth-order valence-electron chi connectivity index (χ4n) is 3.28. The number of nitrogens with zero attached hydrogens (tertiary/aromatic N) is 1. The summed E-state index contributed by atoms with van der Waals surface area (Å²) in [6.07, 6.45) is 0.983. The molecule has 1 heterocycles. The quantitative estimate of drug-likeness (QED) is 0.851. The molecule has 0 unspecified atom stereocenters. The molecule has 0 aromatic heterocycles. The van der Waals surface area contributed by atoms with Gasteiger partial charge < -0.3 is 15.5 Å². The zero-order valence-electron chi connectivity index (χ0n) is 17.1. The molecule has 0 saturated carbocycles. The number of anilines is 2. The predicted molar refractivity (Wildman–Crippen MR) is 113 cm³/mol. The van der Waals surface area contributed by atoms with E-state index in [0.29, 0.717) is 0 Å². The highest BCUT2D eigenvalue weighted by Crippen LogP contribution is 2.30. The number of amides is 2. The smallest absolute Gasteiger partial charge is 0.246 e. The van der Waals surface area contributed by atoms with Crippen LogP contribution in [0.1, 0.15) is 38.8 Å². The normalized spacial score (nSPS) is 14.8. The number of nitrogens with one attached hydrogen (secondary N) is 2. The van der Waals surface area contributed by atoms with Crippen molar-refractivity contribution in [3.8, 4) is 0 Å². The molecule has 2 aromatic rings. The van der Waals surface area contributed by atoms with E-state index in [-0.39, 0.29) is 11.8 Å². The van der Waals surface area contributed by atoms with E-state index in [1.165, 1.54) is 11.1 Å². The summed E-state index contributed by atoms with van der Waals surface area (Å²) < 4.78 is 0. The number of carbonyl (C=O) groups is 2. The maximum Gasteiger partial charge on any atom is 0.246 e. The predicted octanol–water partition coefficient (Wildman–Crippen LogP) is 3.74. The molecular weight excluding hydrogens is 350 g/mol. The van der Waals surface area contributed by atoms with Crippen LogP contribution in [0.2, 0.25) is 0 Å². The first-order valence-electron chi connectivity index (χ1n) is 9.78. The molecule has 0 aliphatic carbocycles. The van der Waals surface area contributed by atoms with Gasteiger partial charge in [0.15, 0.2) is 0 Å². The second kappa shape index (κ2) is 8.05. The fourth-order valence-corrected chi connectivity index (χ4v) is 3.28. The maximum absolute atomic E-state index is 12.7. The molecule has 1 atom stereocenters. The van der Waals surface area contributed by atoms with Crippen LogP contribution in [0.3, 0.4) is 0 Å². The van der Waals surface area contributed by atoms with E-state index < -0.39 is 11.5 Å². The van der Waals surface area contributed by atoms with E-state index in [1.807, 2.05) is 45.0 Å². The molecule has 28 heavy (non-hydrogen) atoms. The molecule has 0 bridgehead atoms. The molecule has 0 fully saturated rings. The number of para-hydroxylation sites is 2. The summed E-state index contributed by atoms with van der Waals surface area (Å²) in [7, 11) is 0. The number of hydrogen-bond acceptors (Lipinski definition) is 3. The van der Waals surface area contributed by atoms with Gasteiger partial charge in [-0.15, -0.1) is 0 Å². The molecule has 2 aromatic carbocycles. The summed E-state index contributed by atoms with van der Waals surface area (Å²) in [4.78, 5) is 27.1. The van der Waals surface area contributed by atoms with Crippen molar-refractivity contribution in [2.45, 2.75) is 46.7 Å². The maximum atomic E-state index is 12.7. The molecule has 3 rings (SSSR count). The van der Waals surface area contributed by atoms with E-state index >= 15 is 0 Å². The van der Waals surface area contributed by atoms with Gasteiger partial charge in [0.25, 0.3) is 0 Å². The lowest BCUT2D eigenvalue weighted by Crippen LogP contribution is -2.46. The molecule has 5 heteroatoms. The molecule has 148 valence electrons. The van der Waals surface area contributed by atoms with Crippen LogP contribution < -0.4 is 15.5 Å². The van der Waals surface area contributed by atoms with Gasteiger partial charge in [-0.2, -0.15) is 0 Å². The van der Waals surface area contributed by atoms with Crippen LogP contribution in [-0.4, -0.2) is 24.4 Å². The molecule has 1 aliphatic rings. The van der Waals surface area contributed by atoms with Crippen molar-refractivity contribution in [2.24, 2.45) is 5.41 Å². The second-order valence-electron chi connectivity index (χ2n) is 8.39. The topological polar surface area (TPSA) is 61.4 Å². The number of fused-ring (bicyclic) bond motifs is 1. The van der Waals surface area contributed by atoms with Crippen LogP contribution >= 0.6 is 0 Å². The zero-order valence-corrected chi connectivity index (χ0v) is 17.1. The van der Waals surface area contributed by atoms with Crippen molar-refractivity contribution in [2.75, 3.05) is 16.8 Å². The van der Waals surface area contributed by atoms with Crippen molar-refractivity contribution in [3.63, 3.8) is 0 Å². The summed E-state index contributed by atoms with van der Waals surface area (Å²) >= 11 is 0. The molecule has 5 nitrogen and oxygen atoms in total. The molecule has 1 aliphatic heterocycles. The molecular formula is C23H29N3O2. The van der Waals surface area contributed by atoms with Crippen molar-refractivity contribution < 1.29 is 9.59 Å². The Morgan fingerprint density at radius 2 is 1.64 bits per heavy atom. The Labute approximate surface area is 167 Å². The summed E-state index contributed by atoms with van der Waals surface area (Å²) in [6, 6.07) is 15.7. The standard InChI is InChI=1S/C23H29N3O2/c1-16(24-22(28)23(2,3)4)21(27)25-19-11-7-8-12-20(19)26-14-13-17-9-5-6-10-18(17)15-26/h5-12,16H,13-15H2,1-4H3,(H,24,28)(H,25,27)/t16-/m1/s1. The molecule has 2 N–H and O–H groups in total. The summed E-state index contributed by atoms with van der Waals surface area (Å²) in [5, 5.41) is 5.78. The third-order valence-electron chi connectivity index (χ3n) is 5.06. The Morgan fingerprint density at radius 3 is 2.36 bits per heavy atom. The third-order valence-corrected chi connectivity index (χ3v) is 5.06. The summed E-state index contributed by atoms with van der Waals surface area (Å²) in [5.41, 5.74) is 3.94. The van der Waals surface area contributed by atoms with Gasteiger partial charge in [-0.1, -0.05) is 57.2 Å². The minimum absolute atomic E-state index is 0.143. The Hall–Kier alpha value is -2.82. The molecule has 0 radical (unpaired) electrons. The Kier molecular flexibility index (Phi) is 5.73. The lowest BCUT2D eigenvalue weighted by Gasteiger charge is -2.32. The Morgan fingerprint density at radius 1 is 1.00 bits per heavy atom. The van der Waals surface area contributed by atoms with Crippen LogP contribution in [0, 0.1) is 5.41 Å². The second-order valence-corrected chi connectivity index (χ2v) is 8.39. The highest BCUT2D eigenvalue weighted by Gasteiger charge is 2.26. The van der Waals surface area contributed by atoms with Crippen LogP contribution in [0.15, 0.2) is 48.5 Å². The van der Waals surface area contributed by atoms with Crippen LogP contribution in [-0.2, 0) is 22.6 Å². The first-order chi connectivity index (χ1) is 13.3. The Bertz CT molecular complexity index is 870. The first kappa shape index (κ1) is 19.9. The van der Waals surface area contributed by atoms with Crippen LogP contribution in [0.25, 0.3) is 0 Å². The van der Waals surface area contributed by atoms with Gasteiger partial charge in [0.05, 0.1) is 11.4 Å². The zero-order chi connectivity index (χ0) is 20.3. The number of rotatable bonds is 4. The van der Waals surface area contributed by atoms with Gasteiger partial charge in [0, 0.05) is 18.5 Å². The minimum atomic E-state index is -0.609. The molecule has 0 spiro atoms. The molecule has 0 saturated heterocycles. The number of benzene rings is 2. The minimum Gasteiger partial charge on any atom is -0.365 e. The average Bonchev–Trinajstić information content (AvgIpc) is 2.67. The average molecular weight is 380 g/mol. The van der Waals surface area contributed by atoms with E-state index in [9.17, 15) is 9.59 Å². The lowest BCUT2D eigenvalue weighted by atomic mass is 9.95. The number of carbonyl (C=O) groups excluding carboxylic acids is 2. The summed E-state index contributed by atoms with van der Waals surface area (Å²) in [6.45, 7) is 8.92. The van der Waals surface area contributed by atoms with Gasteiger partial charge >= 0.3 is 0 Å². The van der Waals surface area contributed by atoms with Crippen molar-refractivity contribution in [1.82, 2.24) is 5.32 Å². The van der Waals surface area contributed by atoms with Gasteiger partial charge in [-0.3, -0.25) is 9.59 Å². The molecule has 2 amide bonds. The van der Waals surface area contributed by atoms with E-state index in [4.69, 9.17) is 0 Å². The van der Waals surface area contributed by atoms with E-state index in [1.54, 1.807) is 6.92 Å². The van der Waals surface area contributed by atoms with Crippen molar-refractivity contribution in [3.05, 3.63) is 59.7 Å². The van der Waals surface area contributed by atoms with E-state index in [0.717, 1.165) is 30.9 Å². The van der Waals surface area contributed by atoms with Gasteiger partial charge in [-0.05, 0) is 36.6 Å². The Balaban J connectivity index is 1.73. The summed E-state index contributed by atoms with van der Waals surface area (Å²) in [5.74, 6) is -0.362. The van der Waals surface area contributed by atoms with Gasteiger partial charge in [-0.25, -0.2) is 0 Å². The first-order valence-corrected chi connectivity index (χ1v) is 9.78. The fraction of sp³-hybridized carbons (Fsp3) is 0.391. The largest absolute Gasteiger partial charge is 0.365 e. The van der Waals surface area contributed by atoms with Crippen molar-refractivity contribution in [1.29, 1.82) is 0 Å². The monoisotopic (exact) mass is 379 g/mol. The highest BCUT2D eigenvalue weighted by atomic mass is 16.2. The number of hydrogen-bond donors (Lipinski definition) is 2. The highest BCUT2D eigenvalue weighted by molar-refractivity contribution is 5.99. The van der Waals surface area contributed by atoms with Gasteiger partial charge in [0.2, 0.25) is 11.8 Å². The lowest BCUT2D eigenvalue weighted by molar-refractivity contribution is -0.131.